The largest absolute Gasteiger partial charge is 0.287 e. The molecule has 1 aromatic heterocycles. The van der Waals surface area contributed by atoms with Gasteiger partial charge in [-0.25, -0.2) is 4.85 Å². The summed E-state index contributed by atoms with van der Waals surface area (Å²) in [5, 5.41) is 4.26. The van der Waals surface area contributed by atoms with Crippen molar-refractivity contribution >= 4 is 5.69 Å². The second-order valence-corrected chi connectivity index (χ2v) is 3.90. The van der Waals surface area contributed by atoms with Gasteiger partial charge in [0.15, 0.2) is 0 Å². The summed E-state index contributed by atoms with van der Waals surface area (Å²) in [6.07, 6.45) is 1.76. The molecule has 0 N–H and O–H groups in total. The first-order valence-corrected chi connectivity index (χ1v) is 3.86. The minimum Gasteiger partial charge on any atom is -0.287 e. The van der Waals surface area contributed by atoms with Gasteiger partial charge >= 0.3 is 0 Å². The summed E-state index contributed by atoms with van der Waals surface area (Å²) in [6.45, 7) is 13.1. The third-order valence-electron chi connectivity index (χ3n) is 1.64. The molecule has 0 unspecified atom stereocenters. The Morgan fingerprint density at radius 2 is 2.08 bits per heavy atom. The Hall–Kier alpha value is -1.30. The quantitative estimate of drug-likeness (QED) is 0.538. The molecule has 0 saturated carbocycles. The van der Waals surface area contributed by atoms with Gasteiger partial charge in [0.2, 0.25) is 5.69 Å². The molecule has 1 rings (SSSR count). The molecule has 0 radical (unpaired) electrons. The Morgan fingerprint density at radius 3 is 2.42 bits per heavy atom. The summed E-state index contributed by atoms with van der Waals surface area (Å²) in [5.41, 5.74) is 1.49. The van der Waals surface area contributed by atoms with Crippen molar-refractivity contribution in [1.82, 2.24) is 9.78 Å². The fraction of sp³-hybridized carbons (Fsp3) is 0.556. The number of rotatable bonds is 0. The fourth-order valence-corrected chi connectivity index (χ4v) is 1.09. The number of hydrogen-bond donors (Lipinski definition) is 0. The van der Waals surface area contributed by atoms with Crippen molar-refractivity contribution in [2.24, 2.45) is 7.05 Å². The summed E-state index contributed by atoms with van der Waals surface area (Å²) in [7, 11) is 1.84. The van der Waals surface area contributed by atoms with Gasteiger partial charge in [-0.2, -0.15) is 5.10 Å². The van der Waals surface area contributed by atoms with E-state index >= 15 is 0 Å². The van der Waals surface area contributed by atoms with Crippen LogP contribution in [0.1, 0.15) is 26.5 Å². The van der Waals surface area contributed by atoms with Crippen LogP contribution in [0.5, 0.6) is 0 Å². The van der Waals surface area contributed by atoms with Crippen LogP contribution >= 0.6 is 0 Å². The SMILES string of the molecule is [C-]#[N+]c1cn(C)nc1C(C)(C)C. The van der Waals surface area contributed by atoms with E-state index in [1.54, 1.807) is 10.9 Å². The second kappa shape index (κ2) is 2.63. The lowest BCUT2D eigenvalue weighted by atomic mass is 9.91. The molecule has 0 aliphatic heterocycles. The molecule has 0 aliphatic rings. The highest BCUT2D eigenvalue weighted by Gasteiger charge is 2.21. The molecule has 1 aromatic rings. The van der Waals surface area contributed by atoms with Crippen molar-refractivity contribution < 1.29 is 0 Å². The van der Waals surface area contributed by atoms with Crippen molar-refractivity contribution in [3.63, 3.8) is 0 Å². The van der Waals surface area contributed by atoms with Gasteiger partial charge < -0.3 is 0 Å². The monoisotopic (exact) mass is 163 g/mol. The molecule has 0 amide bonds. The predicted molar refractivity (Wildman–Crippen MR) is 48.2 cm³/mol. The Kier molecular flexibility index (Phi) is 1.93. The summed E-state index contributed by atoms with van der Waals surface area (Å²) in [4.78, 5) is 3.42. The van der Waals surface area contributed by atoms with Crippen LogP contribution in [-0.2, 0) is 12.5 Å². The average molecular weight is 163 g/mol. The molecule has 12 heavy (non-hydrogen) atoms. The Bertz CT molecular complexity index is 323. The van der Waals surface area contributed by atoms with Gasteiger partial charge in [-0.1, -0.05) is 20.8 Å². The number of aryl methyl sites for hydroxylation is 1. The lowest BCUT2D eigenvalue weighted by Gasteiger charge is -2.15. The third-order valence-corrected chi connectivity index (χ3v) is 1.64. The molecular weight excluding hydrogens is 150 g/mol. The molecule has 0 aliphatic carbocycles. The average Bonchev–Trinajstić information content (AvgIpc) is 2.29. The van der Waals surface area contributed by atoms with Crippen molar-refractivity contribution in [1.29, 1.82) is 0 Å². The van der Waals surface area contributed by atoms with E-state index in [2.05, 4.69) is 30.7 Å². The lowest BCUT2D eigenvalue weighted by molar-refractivity contribution is 0.555. The van der Waals surface area contributed by atoms with Crippen LogP contribution in [-0.4, -0.2) is 9.78 Å². The Labute approximate surface area is 72.8 Å². The van der Waals surface area contributed by atoms with Gasteiger partial charge in [0.05, 0.1) is 12.3 Å². The van der Waals surface area contributed by atoms with Crippen molar-refractivity contribution in [2.45, 2.75) is 26.2 Å². The van der Waals surface area contributed by atoms with Crippen molar-refractivity contribution in [3.05, 3.63) is 23.3 Å². The summed E-state index contributed by atoms with van der Waals surface area (Å²) in [5.74, 6) is 0. The molecule has 0 atom stereocenters. The van der Waals surface area contributed by atoms with Crippen LogP contribution in [0.25, 0.3) is 4.85 Å². The van der Waals surface area contributed by atoms with E-state index in [0.29, 0.717) is 5.69 Å². The van der Waals surface area contributed by atoms with Crippen molar-refractivity contribution in [2.75, 3.05) is 0 Å². The van der Waals surface area contributed by atoms with Crippen molar-refractivity contribution in [3.8, 4) is 0 Å². The molecular formula is C9H13N3. The molecule has 3 nitrogen and oxygen atoms in total. The highest BCUT2D eigenvalue weighted by molar-refractivity contribution is 5.50. The highest BCUT2D eigenvalue weighted by Crippen LogP contribution is 2.29. The van der Waals surface area contributed by atoms with E-state index < -0.39 is 0 Å². The van der Waals surface area contributed by atoms with Crippen LogP contribution in [0.15, 0.2) is 6.20 Å². The number of hydrogen-bond acceptors (Lipinski definition) is 1. The summed E-state index contributed by atoms with van der Waals surface area (Å²) >= 11 is 0. The van der Waals surface area contributed by atoms with E-state index in [1.165, 1.54) is 0 Å². The van der Waals surface area contributed by atoms with E-state index in [9.17, 15) is 0 Å². The molecule has 3 heteroatoms. The maximum atomic E-state index is 6.95. The molecule has 0 aromatic carbocycles. The first-order valence-electron chi connectivity index (χ1n) is 3.86. The second-order valence-electron chi connectivity index (χ2n) is 3.90. The molecule has 0 spiro atoms. The minimum absolute atomic E-state index is 0.0405. The topological polar surface area (TPSA) is 22.2 Å². The van der Waals surface area contributed by atoms with E-state index in [1.807, 2.05) is 7.05 Å². The van der Waals surface area contributed by atoms with Gasteiger partial charge in [0.1, 0.15) is 0 Å². The zero-order valence-corrected chi connectivity index (χ0v) is 7.92. The molecule has 64 valence electrons. The summed E-state index contributed by atoms with van der Waals surface area (Å²) < 4.78 is 1.69. The lowest BCUT2D eigenvalue weighted by Crippen LogP contribution is -2.12. The van der Waals surface area contributed by atoms with Crippen LogP contribution in [0.4, 0.5) is 5.69 Å². The first kappa shape index (κ1) is 8.79. The van der Waals surface area contributed by atoms with Crippen LogP contribution in [0.2, 0.25) is 0 Å². The smallest absolute Gasteiger partial charge is 0.227 e. The normalized spacial score (nSPS) is 11.2. The Balaban J connectivity index is 3.25. The van der Waals surface area contributed by atoms with Gasteiger partial charge in [0, 0.05) is 13.2 Å². The molecule has 0 fully saturated rings. The predicted octanol–water partition coefficient (Wildman–Crippen LogP) is 2.27. The zero-order chi connectivity index (χ0) is 9.35. The van der Waals surface area contributed by atoms with Gasteiger partial charge in [0.25, 0.3) is 0 Å². The van der Waals surface area contributed by atoms with Crippen LogP contribution < -0.4 is 0 Å². The zero-order valence-electron chi connectivity index (χ0n) is 7.92. The van der Waals surface area contributed by atoms with Crippen LogP contribution in [0.3, 0.4) is 0 Å². The maximum absolute atomic E-state index is 6.95. The molecule has 0 bridgehead atoms. The van der Waals surface area contributed by atoms with Crippen LogP contribution in [0, 0.1) is 6.57 Å². The fourth-order valence-electron chi connectivity index (χ4n) is 1.09. The third kappa shape index (κ3) is 1.48. The molecule has 1 heterocycles. The Morgan fingerprint density at radius 1 is 1.50 bits per heavy atom. The minimum atomic E-state index is -0.0405. The summed E-state index contributed by atoms with van der Waals surface area (Å²) in [6, 6.07) is 0. The van der Waals surface area contributed by atoms with Gasteiger partial charge in [-0.05, 0) is 5.41 Å². The maximum Gasteiger partial charge on any atom is 0.227 e. The standard InChI is InChI=1S/C9H13N3/c1-9(2,3)8-7(10-4)6-12(5)11-8/h6H,1-3,5H3. The van der Waals surface area contributed by atoms with Gasteiger partial charge in [-0.3, -0.25) is 4.68 Å². The van der Waals surface area contributed by atoms with E-state index in [4.69, 9.17) is 6.57 Å². The molecule has 0 saturated heterocycles. The first-order chi connectivity index (χ1) is 5.45. The number of aromatic nitrogens is 2. The highest BCUT2D eigenvalue weighted by atomic mass is 15.3. The number of nitrogens with zero attached hydrogens (tertiary/aromatic N) is 3. The van der Waals surface area contributed by atoms with E-state index in [0.717, 1.165) is 5.69 Å². The van der Waals surface area contributed by atoms with E-state index in [-0.39, 0.29) is 5.41 Å². The van der Waals surface area contributed by atoms with Gasteiger partial charge in [-0.15, -0.1) is 0 Å².